The molecule has 38 heavy (non-hydrogen) atoms. The Hall–Kier alpha value is -2.57. The number of amides is 3. The topological polar surface area (TPSA) is 87.7 Å². The van der Waals surface area contributed by atoms with Crippen molar-refractivity contribution in [1.82, 2.24) is 15.5 Å². The maximum atomic E-state index is 14.3. The van der Waals surface area contributed by atoms with Crippen LogP contribution in [0.3, 0.4) is 0 Å². The van der Waals surface area contributed by atoms with Crippen LogP contribution in [0.15, 0.2) is 18.2 Å². The maximum absolute atomic E-state index is 14.3. The standard InChI is InChI=1S/C31H53N3O4/c1-10-12-14-15-20-34(29(36)25(21-22(3)4)33-30(37)38-31(7,8)9)27(28(35)32-19-13-11-2)26-23(5)17-16-18-24(26)6/h16-18,22,25,27H,10-15,19-21H2,1-9H3,(H,32,35)(H,33,37). The Morgan fingerprint density at radius 1 is 0.947 bits per heavy atom. The first-order chi connectivity index (χ1) is 17.8. The first kappa shape index (κ1) is 33.5. The molecule has 0 aliphatic carbocycles. The molecule has 216 valence electrons. The molecule has 7 heteroatoms. The number of aryl methyl sites for hydroxylation is 2. The number of ether oxygens (including phenoxy) is 1. The van der Waals surface area contributed by atoms with Gasteiger partial charge in [0, 0.05) is 13.1 Å². The summed E-state index contributed by atoms with van der Waals surface area (Å²) in [4.78, 5) is 42.5. The van der Waals surface area contributed by atoms with E-state index in [1.807, 2.05) is 45.9 Å². The molecule has 7 nitrogen and oxygen atoms in total. The molecule has 3 amide bonds. The summed E-state index contributed by atoms with van der Waals surface area (Å²) in [5, 5.41) is 5.91. The van der Waals surface area contributed by atoms with Gasteiger partial charge in [-0.15, -0.1) is 0 Å². The number of nitrogens with zero attached hydrogens (tertiary/aromatic N) is 1. The summed E-state index contributed by atoms with van der Waals surface area (Å²) in [7, 11) is 0. The molecule has 2 unspecified atom stereocenters. The molecule has 0 spiro atoms. The first-order valence-electron chi connectivity index (χ1n) is 14.5. The van der Waals surface area contributed by atoms with Crippen molar-refractivity contribution in [3.8, 4) is 0 Å². The van der Waals surface area contributed by atoms with Gasteiger partial charge in [-0.1, -0.05) is 71.6 Å². The number of nitrogens with one attached hydrogen (secondary N) is 2. The van der Waals surface area contributed by atoms with E-state index in [-0.39, 0.29) is 17.7 Å². The second-order valence-electron chi connectivity index (χ2n) is 11.8. The Bertz CT molecular complexity index is 871. The van der Waals surface area contributed by atoms with E-state index in [2.05, 4.69) is 24.5 Å². The number of hydrogen-bond donors (Lipinski definition) is 2. The Labute approximate surface area is 231 Å². The summed E-state index contributed by atoms with van der Waals surface area (Å²) in [5.41, 5.74) is 2.10. The van der Waals surface area contributed by atoms with E-state index in [0.29, 0.717) is 19.5 Å². The average molecular weight is 532 g/mol. The molecular formula is C31H53N3O4. The molecule has 0 radical (unpaired) electrons. The lowest BCUT2D eigenvalue weighted by Crippen LogP contribution is -2.54. The van der Waals surface area contributed by atoms with Crippen molar-refractivity contribution < 1.29 is 19.1 Å². The number of alkyl carbamates (subject to hydrolysis) is 1. The van der Waals surface area contributed by atoms with E-state index < -0.39 is 23.8 Å². The SMILES string of the molecule is CCCCCCN(C(=O)C(CC(C)C)NC(=O)OC(C)(C)C)C(C(=O)NCCCC)c1c(C)cccc1C. The molecule has 0 aliphatic rings. The molecule has 2 N–H and O–H groups in total. The fraction of sp³-hybridized carbons (Fsp3) is 0.710. The van der Waals surface area contributed by atoms with Crippen molar-refractivity contribution in [2.24, 2.45) is 5.92 Å². The quantitative estimate of drug-likeness (QED) is 0.249. The first-order valence-corrected chi connectivity index (χ1v) is 14.5. The zero-order valence-electron chi connectivity index (χ0n) is 25.4. The smallest absolute Gasteiger partial charge is 0.408 e. The van der Waals surface area contributed by atoms with Crippen LogP contribution in [0.4, 0.5) is 4.79 Å². The monoisotopic (exact) mass is 531 g/mol. The van der Waals surface area contributed by atoms with Gasteiger partial charge in [0.2, 0.25) is 11.8 Å². The van der Waals surface area contributed by atoms with Crippen LogP contribution in [0.2, 0.25) is 0 Å². The molecule has 0 aliphatic heterocycles. The highest BCUT2D eigenvalue weighted by Crippen LogP contribution is 2.30. The summed E-state index contributed by atoms with van der Waals surface area (Å²) in [6.45, 7) is 18.6. The van der Waals surface area contributed by atoms with E-state index >= 15 is 0 Å². The zero-order valence-corrected chi connectivity index (χ0v) is 25.4. The van der Waals surface area contributed by atoms with Gasteiger partial charge >= 0.3 is 6.09 Å². The molecule has 1 rings (SSSR count). The Kier molecular flexibility index (Phi) is 14.4. The van der Waals surface area contributed by atoms with Crippen molar-refractivity contribution in [2.75, 3.05) is 13.1 Å². The van der Waals surface area contributed by atoms with Gasteiger partial charge in [0.15, 0.2) is 0 Å². The average Bonchev–Trinajstić information content (AvgIpc) is 2.80. The molecule has 0 bridgehead atoms. The van der Waals surface area contributed by atoms with Gasteiger partial charge in [0.1, 0.15) is 17.7 Å². The summed E-state index contributed by atoms with van der Waals surface area (Å²) in [6.07, 6.45) is 5.52. The third-order valence-electron chi connectivity index (χ3n) is 6.44. The Balaban J connectivity index is 3.55. The van der Waals surface area contributed by atoms with Gasteiger partial charge in [-0.05, 0) is 76.5 Å². The fourth-order valence-electron chi connectivity index (χ4n) is 4.59. The van der Waals surface area contributed by atoms with Crippen molar-refractivity contribution in [1.29, 1.82) is 0 Å². The van der Waals surface area contributed by atoms with E-state index in [4.69, 9.17) is 4.74 Å². The lowest BCUT2D eigenvalue weighted by Gasteiger charge is -2.36. The lowest BCUT2D eigenvalue weighted by molar-refractivity contribution is -0.143. The van der Waals surface area contributed by atoms with Gasteiger partial charge in [-0.3, -0.25) is 9.59 Å². The number of benzene rings is 1. The minimum absolute atomic E-state index is 0.151. The highest BCUT2D eigenvalue weighted by Gasteiger charge is 2.37. The summed E-state index contributed by atoms with van der Waals surface area (Å²) in [5.74, 6) is -0.280. The van der Waals surface area contributed by atoms with E-state index in [0.717, 1.165) is 55.2 Å². The maximum Gasteiger partial charge on any atom is 0.408 e. The molecular weight excluding hydrogens is 478 g/mol. The molecule has 0 fully saturated rings. The zero-order chi connectivity index (χ0) is 28.9. The van der Waals surface area contributed by atoms with Gasteiger partial charge in [0.25, 0.3) is 0 Å². The van der Waals surface area contributed by atoms with Crippen molar-refractivity contribution in [3.05, 3.63) is 34.9 Å². The Morgan fingerprint density at radius 3 is 2.08 bits per heavy atom. The molecule has 1 aromatic rings. The van der Waals surface area contributed by atoms with Gasteiger partial charge in [-0.25, -0.2) is 4.79 Å². The van der Waals surface area contributed by atoms with Crippen LogP contribution >= 0.6 is 0 Å². The number of rotatable bonds is 15. The van der Waals surface area contributed by atoms with Crippen LogP contribution in [-0.4, -0.2) is 47.5 Å². The van der Waals surface area contributed by atoms with Gasteiger partial charge < -0.3 is 20.3 Å². The highest BCUT2D eigenvalue weighted by atomic mass is 16.6. The summed E-state index contributed by atoms with van der Waals surface area (Å²) >= 11 is 0. The third-order valence-corrected chi connectivity index (χ3v) is 6.44. The molecule has 2 atom stereocenters. The second kappa shape index (κ2) is 16.4. The van der Waals surface area contributed by atoms with E-state index in [1.54, 1.807) is 25.7 Å². The molecule has 0 aromatic heterocycles. The van der Waals surface area contributed by atoms with Crippen LogP contribution in [-0.2, 0) is 14.3 Å². The molecule has 0 heterocycles. The summed E-state index contributed by atoms with van der Waals surface area (Å²) < 4.78 is 5.49. The number of unbranched alkanes of at least 4 members (excludes halogenated alkanes) is 4. The minimum atomic E-state index is -0.800. The van der Waals surface area contributed by atoms with Crippen LogP contribution < -0.4 is 10.6 Å². The molecule has 0 saturated carbocycles. The third kappa shape index (κ3) is 11.4. The highest BCUT2D eigenvalue weighted by molar-refractivity contribution is 5.92. The number of carbonyl (C=O) groups is 3. The van der Waals surface area contributed by atoms with Crippen molar-refractivity contribution in [2.45, 2.75) is 125 Å². The van der Waals surface area contributed by atoms with Gasteiger partial charge in [-0.2, -0.15) is 0 Å². The number of hydrogen-bond acceptors (Lipinski definition) is 4. The number of carbonyl (C=O) groups excluding carboxylic acids is 3. The van der Waals surface area contributed by atoms with E-state index in [9.17, 15) is 14.4 Å². The second-order valence-corrected chi connectivity index (χ2v) is 11.8. The van der Waals surface area contributed by atoms with E-state index in [1.165, 1.54) is 0 Å². The van der Waals surface area contributed by atoms with Crippen LogP contribution in [0.25, 0.3) is 0 Å². The molecule has 1 aromatic carbocycles. The molecule has 0 saturated heterocycles. The van der Waals surface area contributed by atoms with Crippen molar-refractivity contribution in [3.63, 3.8) is 0 Å². The lowest BCUT2D eigenvalue weighted by atomic mass is 9.92. The largest absolute Gasteiger partial charge is 0.444 e. The van der Waals surface area contributed by atoms with Crippen LogP contribution in [0.5, 0.6) is 0 Å². The Morgan fingerprint density at radius 2 is 1.55 bits per heavy atom. The summed E-state index contributed by atoms with van der Waals surface area (Å²) in [6, 6.07) is 4.36. The predicted octanol–water partition coefficient (Wildman–Crippen LogP) is 6.61. The van der Waals surface area contributed by atoms with Crippen LogP contribution in [0, 0.1) is 19.8 Å². The van der Waals surface area contributed by atoms with Crippen molar-refractivity contribution >= 4 is 17.9 Å². The normalized spacial score (nSPS) is 13.1. The predicted molar refractivity (Wildman–Crippen MR) is 155 cm³/mol. The van der Waals surface area contributed by atoms with Crippen LogP contribution in [0.1, 0.15) is 116 Å². The minimum Gasteiger partial charge on any atom is -0.444 e. The fourth-order valence-corrected chi connectivity index (χ4v) is 4.59. The van der Waals surface area contributed by atoms with Gasteiger partial charge in [0.05, 0.1) is 0 Å².